The largest absolute Gasteiger partial charge is 0.338 e. The maximum Gasteiger partial charge on any atom is 0.240 e. The summed E-state index contributed by atoms with van der Waals surface area (Å²) in [7, 11) is 1.93. The summed E-state index contributed by atoms with van der Waals surface area (Å²) >= 11 is 12.4. The normalized spacial score (nSPS) is 12.4. The summed E-state index contributed by atoms with van der Waals surface area (Å²) in [6.07, 6.45) is 4.23. The van der Waals surface area contributed by atoms with E-state index >= 15 is 0 Å². The SMILES string of the molecule is CC(C)[C@H](N)C(=O)N(CCc1cncn1C)Cc1cccc(Cl)c1Cl. The first kappa shape index (κ1) is 19.8. The number of benzene rings is 1. The van der Waals surface area contributed by atoms with Gasteiger partial charge < -0.3 is 15.2 Å². The van der Waals surface area contributed by atoms with Gasteiger partial charge in [-0.05, 0) is 17.5 Å². The van der Waals surface area contributed by atoms with Crippen LogP contribution in [-0.2, 0) is 24.8 Å². The van der Waals surface area contributed by atoms with E-state index in [-0.39, 0.29) is 11.8 Å². The molecule has 1 heterocycles. The van der Waals surface area contributed by atoms with Gasteiger partial charge in [-0.2, -0.15) is 0 Å². The van der Waals surface area contributed by atoms with Crippen LogP contribution in [0.3, 0.4) is 0 Å². The molecule has 1 aromatic carbocycles. The molecule has 2 aromatic rings. The van der Waals surface area contributed by atoms with Gasteiger partial charge in [-0.25, -0.2) is 4.98 Å². The highest BCUT2D eigenvalue weighted by atomic mass is 35.5. The fourth-order valence-corrected chi connectivity index (χ4v) is 2.89. The van der Waals surface area contributed by atoms with E-state index in [1.807, 2.05) is 37.6 Å². The van der Waals surface area contributed by atoms with E-state index in [2.05, 4.69) is 4.98 Å². The summed E-state index contributed by atoms with van der Waals surface area (Å²) in [6, 6.07) is 4.88. The molecule has 7 heteroatoms. The molecule has 2 rings (SSSR count). The molecule has 0 unspecified atom stereocenters. The zero-order valence-electron chi connectivity index (χ0n) is 14.7. The Morgan fingerprint density at radius 2 is 2.08 bits per heavy atom. The number of hydrogen-bond donors (Lipinski definition) is 1. The van der Waals surface area contributed by atoms with E-state index < -0.39 is 6.04 Å². The Morgan fingerprint density at radius 3 is 2.68 bits per heavy atom. The minimum Gasteiger partial charge on any atom is -0.338 e. The first-order valence-corrected chi connectivity index (χ1v) is 8.99. The van der Waals surface area contributed by atoms with Gasteiger partial charge in [0.25, 0.3) is 0 Å². The number of hydrogen-bond acceptors (Lipinski definition) is 3. The molecule has 5 nitrogen and oxygen atoms in total. The molecule has 136 valence electrons. The molecule has 0 aliphatic heterocycles. The van der Waals surface area contributed by atoms with Crippen molar-refractivity contribution in [3.63, 3.8) is 0 Å². The molecule has 0 saturated carbocycles. The summed E-state index contributed by atoms with van der Waals surface area (Å²) in [5.41, 5.74) is 7.95. The van der Waals surface area contributed by atoms with E-state index in [4.69, 9.17) is 28.9 Å². The summed E-state index contributed by atoms with van der Waals surface area (Å²) in [6.45, 7) is 4.78. The Labute approximate surface area is 158 Å². The average molecular weight is 383 g/mol. The number of nitrogens with zero attached hydrogens (tertiary/aromatic N) is 3. The lowest BCUT2D eigenvalue weighted by Gasteiger charge is -2.28. The topological polar surface area (TPSA) is 64.2 Å². The fourth-order valence-electron chi connectivity index (χ4n) is 2.51. The van der Waals surface area contributed by atoms with Crippen LogP contribution in [0.15, 0.2) is 30.7 Å². The van der Waals surface area contributed by atoms with E-state index in [1.165, 1.54) is 0 Å². The number of carbonyl (C=O) groups is 1. The number of carbonyl (C=O) groups excluding carboxylic acids is 1. The van der Waals surface area contributed by atoms with Crippen LogP contribution in [0.5, 0.6) is 0 Å². The molecule has 1 aromatic heterocycles. The number of imidazole rings is 1. The molecule has 25 heavy (non-hydrogen) atoms. The van der Waals surface area contributed by atoms with Crippen molar-refractivity contribution in [2.75, 3.05) is 6.54 Å². The van der Waals surface area contributed by atoms with Gasteiger partial charge in [0, 0.05) is 38.4 Å². The molecule has 0 fully saturated rings. The van der Waals surface area contributed by atoms with Crippen molar-refractivity contribution in [3.05, 3.63) is 52.0 Å². The van der Waals surface area contributed by atoms with Crippen molar-refractivity contribution in [2.24, 2.45) is 18.7 Å². The number of halogens is 2. The molecule has 0 saturated heterocycles. The van der Waals surface area contributed by atoms with E-state index in [1.54, 1.807) is 23.5 Å². The van der Waals surface area contributed by atoms with Crippen molar-refractivity contribution >= 4 is 29.1 Å². The highest BCUT2D eigenvalue weighted by Crippen LogP contribution is 2.27. The number of aromatic nitrogens is 2. The van der Waals surface area contributed by atoms with Crippen molar-refractivity contribution < 1.29 is 4.79 Å². The number of aryl methyl sites for hydroxylation is 1. The maximum absolute atomic E-state index is 12.8. The molecule has 2 N–H and O–H groups in total. The average Bonchev–Trinajstić information content (AvgIpc) is 2.98. The van der Waals surface area contributed by atoms with Crippen LogP contribution in [0.25, 0.3) is 0 Å². The Bertz CT molecular complexity index is 730. The predicted octanol–water partition coefficient (Wildman–Crippen LogP) is 3.28. The van der Waals surface area contributed by atoms with Crippen molar-refractivity contribution in [3.8, 4) is 0 Å². The molecule has 0 radical (unpaired) electrons. The molecule has 1 atom stereocenters. The van der Waals surface area contributed by atoms with Crippen LogP contribution in [0, 0.1) is 5.92 Å². The van der Waals surface area contributed by atoms with E-state index in [9.17, 15) is 4.79 Å². The van der Waals surface area contributed by atoms with Gasteiger partial charge in [0.15, 0.2) is 0 Å². The second kappa shape index (κ2) is 8.70. The third-order valence-electron chi connectivity index (χ3n) is 4.26. The Balaban J connectivity index is 2.20. The van der Waals surface area contributed by atoms with Gasteiger partial charge in [0.2, 0.25) is 5.91 Å². The second-order valence-corrected chi connectivity index (χ2v) is 7.27. The van der Waals surface area contributed by atoms with Gasteiger partial charge in [-0.15, -0.1) is 0 Å². The third kappa shape index (κ3) is 4.97. The second-order valence-electron chi connectivity index (χ2n) is 6.49. The van der Waals surface area contributed by atoms with E-state index in [0.29, 0.717) is 29.6 Å². The van der Waals surface area contributed by atoms with Crippen LogP contribution in [0.4, 0.5) is 0 Å². The minimum absolute atomic E-state index is 0.0570. The first-order valence-electron chi connectivity index (χ1n) is 8.23. The van der Waals surface area contributed by atoms with Gasteiger partial charge in [0.1, 0.15) is 0 Å². The molecule has 0 spiro atoms. The lowest BCUT2D eigenvalue weighted by Crippen LogP contribution is -2.47. The Morgan fingerprint density at radius 1 is 1.36 bits per heavy atom. The van der Waals surface area contributed by atoms with E-state index in [0.717, 1.165) is 11.3 Å². The zero-order valence-corrected chi connectivity index (χ0v) is 16.3. The number of nitrogens with two attached hydrogens (primary N) is 1. The maximum atomic E-state index is 12.8. The summed E-state index contributed by atoms with van der Waals surface area (Å²) in [5, 5.41) is 0.951. The monoisotopic (exact) mass is 382 g/mol. The highest BCUT2D eigenvalue weighted by Gasteiger charge is 2.24. The van der Waals surface area contributed by atoms with Gasteiger partial charge >= 0.3 is 0 Å². The predicted molar refractivity (Wildman–Crippen MR) is 102 cm³/mol. The number of amides is 1. The Kier molecular flexibility index (Phi) is 6.87. The van der Waals surface area contributed by atoms with Crippen LogP contribution in [0.1, 0.15) is 25.1 Å². The molecule has 1 amide bonds. The van der Waals surface area contributed by atoms with Gasteiger partial charge in [-0.1, -0.05) is 49.2 Å². The molecule has 0 aliphatic carbocycles. The molecule has 0 bridgehead atoms. The summed E-state index contributed by atoms with van der Waals surface area (Å²) in [4.78, 5) is 18.7. The Hall–Kier alpha value is -1.56. The van der Waals surface area contributed by atoms with Crippen LogP contribution >= 0.6 is 23.2 Å². The summed E-state index contributed by atoms with van der Waals surface area (Å²) in [5.74, 6) is -0.0326. The lowest BCUT2D eigenvalue weighted by atomic mass is 10.0. The highest BCUT2D eigenvalue weighted by molar-refractivity contribution is 6.42. The standard InChI is InChI=1S/C18H24Cl2N4O/c1-12(2)17(21)18(25)24(8-7-14-9-22-11-23(14)3)10-13-5-4-6-15(19)16(13)20/h4-6,9,11-12,17H,7-8,10,21H2,1-3H3/t17-/m0/s1. The van der Waals surface area contributed by atoms with Crippen molar-refractivity contribution in [1.29, 1.82) is 0 Å². The lowest BCUT2D eigenvalue weighted by molar-refractivity contribution is -0.134. The molecular formula is C18H24Cl2N4O. The van der Waals surface area contributed by atoms with Crippen LogP contribution < -0.4 is 5.73 Å². The van der Waals surface area contributed by atoms with Gasteiger partial charge in [0.05, 0.1) is 22.4 Å². The van der Waals surface area contributed by atoms with Crippen LogP contribution in [-0.4, -0.2) is 32.9 Å². The number of rotatable bonds is 7. The minimum atomic E-state index is -0.551. The molecular weight excluding hydrogens is 359 g/mol. The smallest absolute Gasteiger partial charge is 0.240 e. The van der Waals surface area contributed by atoms with Crippen molar-refractivity contribution in [2.45, 2.75) is 32.9 Å². The van der Waals surface area contributed by atoms with Crippen molar-refractivity contribution in [1.82, 2.24) is 14.5 Å². The van der Waals surface area contributed by atoms with Crippen LogP contribution in [0.2, 0.25) is 10.0 Å². The third-order valence-corrected chi connectivity index (χ3v) is 5.12. The zero-order chi connectivity index (χ0) is 18.6. The fraction of sp³-hybridized carbons (Fsp3) is 0.444. The molecule has 0 aliphatic rings. The van der Waals surface area contributed by atoms with Gasteiger partial charge in [-0.3, -0.25) is 4.79 Å². The quantitative estimate of drug-likeness (QED) is 0.798. The summed E-state index contributed by atoms with van der Waals surface area (Å²) < 4.78 is 1.94. The first-order chi connectivity index (χ1) is 11.8.